The average molecular weight is 429 g/mol. The molecule has 0 aromatic carbocycles. The summed E-state index contributed by atoms with van der Waals surface area (Å²) in [5, 5.41) is 0. The third kappa shape index (κ3) is 3.82. The second kappa shape index (κ2) is 8.48. The van der Waals surface area contributed by atoms with Gasteiger partial charge in [0, 0.05) is 12.8 Å². The highest BCUT2D eigenvalue weighted by atomic mass is 16.5. The first kappa shape index (κ1) is 22.7. The van der Waals surface area contributed by atoms with Gasteiger partial charge in [-0.05, 0) is 86.5 Å². The first-order valence-electron chi connectivity index (χ1n) is 12.6. The number of esters is 1. The van der Waals surface area contributed by atoms with Gasteiger partial charge >= 0.3 is 5.97 Å². The Morgan fingerprint density at radius 3 is 2.58 bits per heavy atom. The number of hydrogen-bond acceptors (Lipinski definition) is 4. The molecule has 4 heteroatoms. The van der Waals surface area contributed by atoms with Crippen LogP contribution in [0.3, 0.4) is 0 Å². The van der Waals surface area contributed by atoms with Crippen molar-refractivity contribution in [2.45, 2.75) is 104 Å². The highest BCUT2D eigenvalue weighted by molar-refractivity contribution is 5.91. The smallest absolute Gasteiger partial charge is 0.306 e. The van der Waals surface area contributed by atoms with Gasteiger partial charge in [0.05, 0.1) is 5.92 Å². The maximum Gasteiger partial charge on any atom is 0.306 e. The molecular formula is C27H40O4. The molecule has 4 nitrogen and oxygen atoms in total. The Labute approximate surface area is 187 Å². The number of carbonyl (C=O) groups is 3. The summed E-state index contributed by atoms with van der Waals surface area (Å²) >= 11 is 0. The zero-order valence-corrected chi connectivity index (χ0v) is 19.9. The summed E-state index contributed by atoms with van der Waals surface area (Å²) in [6.07, 6.45) is 11.8. The Bertz CT molecular complexity index is 782. The SMILES string of the molecule is CCCCCC(=O)OC1C[C@H]2[C@@H]3CCC4=CC(=O)CC[C@]4(C)[C@H]3CC[C@]2(C)[C@H]1C(C)=O. The fourth-order valence-electron chi connectivity index (χ4n) is 8.14. The summed E-state index contributed by atoms with van der Waals surface area (Å²) in [5.74, 6) is 1.72. The summed E-state index contributed by atoms with van der Waals surface area (Å²) in [7, 11) is 0. The molecule has 172 valence electrons. The molecule has 0 heterocycles. The number of rotatable bonds is 6. The van der Waals surface area contributed by atoms with E-state index in [1.807, 2.05) is 6.08 Å². The first-order valence-corrected chi connectivity index (χ1v) is 12.6. The van der Waals surface area contributed by atoms with Crippen LogP contribution in [0.2, 0.25) is 0 Å². The van der Waals surface area contributed by atoms with E-state index in [9.17, 15) is 14.4 Å². The molecule has 3 saturated carbocycles. The van der Waals surface area contributed by atoms with E-state index in [4.69, 9.17) is 4.74 Å². The molecule has 7 atom stereocenters. The number of ether oxygens (including phenoxy) is 1. The van der Waals surface area contributed by atoms with Crippen LogP contribution in [0, 0.1) is 34.5 Å². The lowest BCUT2D eigenvalue weighted by atomic mass is 9.46. The molecule has 3 fully saturated rings. The number of carbonyl (C=O) groups excluding carboxylic acids is 3. The van der Waals surface area contributed by atoms with Crippen molar-refractivity contribution in [3.05, 3.63) is 11.6 Å². The Morgan fingerprint density at radius 1 is 1.10 bits per heavy atom. The fourth-order valence-corrected chi connectivity index (χ4v) is 8.14. The van der Waals surface area contributed by atoms with E-state index in [0.717, 1.165) is 57.8 Å². The number of hydrogen-bond donors (Lipinski definition) is 0. The number of ketones is 2. The molecule has 4 aliphatic rings. The number of Topliss-reactive ketones (excluding diaryl/α,β-unsaturated/α-hetero) is 1. The molecule has 0 bridgehead atoms. The highest BCUT2D eigenvalue weighted by Crippen LogP contribution is 2.67. The predicted molar refractivity (Wildman–Crippen MR) is 120 cm³/mol. The van der Waals surface area contributed by atoms with E-state index in [0.29, 0.717) is 36.4 Å². The monoisotopic (exact) mass is 428 g/mol. The van der Waals surface area contributed by atoms with E-state index >= 15 is 0 Å². The number of allylic oxidation sites excluding steroid dienone is 1. The van der Waals surface area contributed by atoms with Crippen molar-refractivity contribution in [2.24, 2.45) is 34.5 Å². The van der Waals surface area contributed by atoms with Crippen LogP contribution < -0.4 is 0 Å². The lowest BCUT2D eigenvalue weighted by Crippen LogP contribution is -2.51. The Balaban J connectivity index is 1.56. The predicted octanol–water partition coefficient (Wildman–Crippen LogP) is 5.83. The molecule has 4 rings (SSSR count). The lowest BCUT2D eigenvalue weighted by Gasteiger charge is -2.57. The van der Waals surface area contributed by atoms with Crippen molar-refractivity contribution in [3.63, 3.8) is 0 Å². The summed E-state index contributed by atoms with van der Waals surface area (Å²) in [6, 6.07) is 0. The van der Waals surface area contributed by atoms with Gasteiger partial charge in [0.2, 0.25) is 0 Å². The van der Waals surface area contributed by atoms with Gasteiger partial charge in [-0.3, -0.25) is 14.4 Å². The van der Waals surface area contributed by atoms with E-state index < -0.39 is 0 Å². The molecule has 0 aliphatic heterocycles. The summed E-state index contributed by atoms with van der Waals surface area (Å²) in [4.78, 5) is 37.4. The van der Waals surface area contributed by atoms with Gasteiger partial charge in [-0.15, -0.1) is 0 Å². The van der Waals surface area contributed by atoms with Crippen molar-refractivity contribution >= 4 is 17.5 Å². The van der Waals surface area contributed by atoms with Gasteiger partial charge in [-0.1, -0.05) is 39.2 Å². The molecule has 1 unspecified atom stereocenters. The minimum Gasteiger partial charge on any atom is -0.462 e. The zero-order chi connectivity index (χ0) is 22.4. The Hall–Kier alpha value is -1.45. The average Bonchev–Trinajstić information content (AvgIpc) is 3.00. The summed E-state index contributed by atoms with van der Waals surface area (Å²) in [5.41, 5.74) is 1.41. The lowest BCUT2D eigenvalue weighted by molar-refractivity contribution is -0.154. The maximum atomic E-state index is 12.8. The van der Waals surface area contributed by atoms with Crippen LogP contribution in [0.15, 0.2) is 11.6 Å². The van der Waals surface area contributed by atoms with E-state index in [2.05, 4.69) is 20.8 Å². The summed E-state index contributed by atoms with van der Waals surface area (Å²) in [6.45, 7) is 8.50. The number of unbranched alkanes of at least 4 members (excludes halogenated alkanes) is 2. The molecule has 0 radical (unpaired) electrons. The standard InChI is InChI=1S/C27H40O4/c1-5-6-7-8-24(30)31-23-16-22-20-10-9-18-15-19(29)11-13-26(18,3)21(20)12-14-27(22,4)25(23)17(2)28/h15,20-23,25H,5-14,16H2,1-4H3/t20-,21+,22+,23?,25+,26+,27+/m1/s1. The normalized spacial score (nSPS) is 41.6. The minimum atomic E-state index is -0.266. The minimum absolute atomic E-state index is 0.0799. The quantitative estimate of drug-likeness (QED) is 0.395. The molecule has 0 amide bonds. The van der Waals surface area contributed by atoms with Crippen LogP contribution in [0.1, 0.15) is 98.3 Å². The molecule has 0 aromatic heterocycles. The largest absolute Gasteiger partial charge is 0.462 e. The fraction of sp³-hybridized carbons (Fsp3) is 0.815. The van der Waals surface area contributed by atoms with Gasteiger partial charge in [0.15, 0.2) is 5.78 Å². The molecule has 0 aromatic rings. The first-order chi connectivity index (χ1) is 14.7. The third-order valence-electron chi connectivity index (χ3n) is 9.67. The van der Waals surface area contributed by atoms with Gasteiger partial charge in [-0.25, -0.2) is 0 Å². The second-order valence-electron chi connectivity index (χ2n) is 11.3. The van der Waals surface area contributed by atoms with Crippen LogP contribution in [0.4, 0.5) is 0 Å². The molecule has 0 spiro atoms. The topological polar surface area (TPSA) is 60.4 Å². The molecule has 31 heavy (non-hydrogen) atoms. The van der Waals surface area contributed by atoms with E-state index in [1.165, 1.54) is 5.57 Å². The van der Waals surface area contributed by atoms with Crippen LogP contribution in [0.25, 0.3) is 0 Å². The van der Waals surface area contributed by atoms with Crippen molar-refractivity contribution < 1.29 is 19.1 Å². The van der Waals surface area contributed by atoms with Crippen molar-refractivity contribution in [3.8, 4) is 0 Å². The zero-order valence-electron chi connectivity index (χ0n) is 19.9. The Kier molecular flexibility index (Phi) is 6.22. The second-order valence-corrected chi connectivity index (χ2v) is 11.3. The van der Waals surface area contributed by atoms with Crippen LogP contribution in [-0.4, -0.2) is 23.6 Å². The van der Waals surface area contributed by atoms with Crippen LogP contribution >= 0.6 is 0 Å². The maximum absolute atomic E-state index is 12.8. The highest BCUT2D eigenvalue weighted by Gasteiger charge is 2.63. The van der Waals surface area contributed by atoms with Crippen molar-refractivity contribution in [2.75, 3.05) is 0 Å². The van der Waals surface area contributed by atoms with Gasteiger partial charge in [0.1, 0.15) is 11.9 Å². The van der Waals surface area contributed by atoms with Crippen molar-refractivity contribution in [1.82, 2.24) is 0 Å². The van der Waals surface area contributed by atoms with Crippen LogP contribution in [-0.2, 0) is 19.1 Å². The van der Waals surface area contributed by atoms with Crippen molar-refractivity contribution in [1.29, 1.82) is 0 Å². The van der Waals surface area contributed by atoms with Gasteiger partial charge in [-0.2, -0.15) is 0 Å². The third-order valence-corrected chi connectivity index (χ3v) is 9.67. The summed E-state index contributed by atoms with van der Waals surface area (Å²) < 4.78 is 6.00. The molecular weight excluding hydrogens is 388 g/mol. The Morgan fingerprint density at radius 2 is 1.87 bits per heavy atom. The van der Waals surface area contributed by atoms with E-state index in [-0.39, 0.29) is 34.6 Å². The number of fused-ring (bicyclic) bond motifs is 5. The van der Waals surface area contributed by atoms with Gasteiger partial charge < -0.3 is 4.74 Å². The molecule has 4 aliphatic carbocycles. The van der Waals surface area contributed by atoms with E-state index in [1.54, 1.807) is 6.92 Å². The van der Waals surface area contributed by atoms with Gasteiger partial charge in [0.25, 0.3) is 0 Å². The molecule has 0 N–H and O–H groups in total. The van der Waals surface area contributed by atoms with Crippen LogP contribution in [0.5, 0.6) is 0 Å². The molecule has 0 saturated heterocycles.